The predicted octanol–water partition coefficient (Wildman–Crippen LogP) is 1.61. The summed E-state index contributed by atoms with van der Waals surface area (Å²) in [5.74, 6) is 0.0424. The lowest BCUT2D eigenvalue weighted by molar-refractivity contribution is 0.0916. The van der Waals surface area contributed by atoms with E-state index in [-0.39, 0.29) is 24.9 Å². The second-order valence-corrected chi connectivity index (χ2v) is 6.26. The van der Waals surface area contributed by atoms with Crippen molar-refractivity contribution in [1.29, 1.82) is 0 Å². The van der Waals surface area contributed by atoms with E-state index in [1.165, 1.54) is 22.9 Å². The second-order valence-electron chi connectivity index (χ2n) is 6.26. The second kappa shape index (κ2) is 8.17. The predicted molar refractivity (Wildman–Crippen MR) is 96.0 cm³/mol. The number of hydrogen-bond acceptors (Lipinski definition) is 7. The Hall–Kier alpha value is -3.27. The monoisotopic (exact) mass is 389 g/mol. The van der Waals surface area contributed by atoms with E-state index in [0.717, 1.165) is 6.20 Å². The van der Waals surface area contributed by atoms with E-state index in [9.17, 15) is 9.18 Å². The Labute approximate surface area is 160 Å². The Morgan fingerprint density at radius 2 is 2.25 bits per heavy atom. The number of ether oxygens (including phenoxy) is 1. The van der Waals surface area contributed by atoms with Crippen molar-refractivity contribution in [3.05, 3.63) is 47.2 Å². The zero-order chi connectivity index (χ0) is 20.3. The molecule has 148 valence electrons. The van der Waals surface area contributed by atoms with Gasteiger partial charge < -0.3 is 19.7 Å². The molecule has 3 aromatic heterocycles. The first-order valence-electron chi connectivity index (χ1n) is 8.54. The van der Waals surface area contributed by atoms with E-state index < -0.39 is 11.7 Å². The lowest BCUT2D eigenvalue weighted by atomic mass is 10.1. The Bertz CT molecular complexity index is 967. The van der Waals surface area contributed by atoms with Gasteiger partial charge in [-0.1, -0.05) is 5.16 Å². The molecule has 28 heavy (non-hydrogen) atoms. The smallest absolute Gasteiger partial charge is 0.272 e. The van der Waals surface area contributed by atoms with Crippen LogP contribution in [0.25, 0.3) is 11.4 Å². The van der Waals surface area contributed by atoms with Gasteiger partial charge in [-0.3, -0.25) is 9.78 Å². The maximum Gasteiger partial charge on any atom is 0.272 e. The van der Waals surface area contributed by atoms with Crippen molar-refractivity contribution in [3.63, 3.8) is 0 Å². The maximum atomic E-state index is 13.1. The molecule has 0 aromatic carbocycles. The van der Waals surface area contributed by atoms with E-state index >= 15 is 0 Å². The molecule has 0 bridgehead atoms. The fraction of sp³-hybridized carbons (Fsp3) is 0.333. The molecule has 2 N–H and O–H groups in total. The van der Waals surface area contributed by atoms with E-state index in [0.29, 0.717) is 28.6 Å². The summed E-state index contributed by atoms with van der Waals surface area (Å²) in [6.45, 7) is 3.33. The highest BCUT2D eigenvalue weighted by atomic mass is 19.1. The Balaban J connectivity index is 1.76. The summed E-state index contributed by atoms with van der Waals surface area (Å²) in [4.78, 5) is 16.1. The number of aryl methyl sites for hydroxylation is 2. The van der Waals surface area contributed by atoms with Crippen LogP contribution in [0.15, 0.2) is 28.9 Å². The molecule has 1 atom stereocenters. The van der Waals surface area contributed by atoms with Gasteiger partial charge in [0, 0.05) is 19.2 Å². The molecule has 0 saturated heterocycles. The highest BCUT2D eigenvalue weighted by Gasteiger charge is 2.19. The number of aliphatic hydroxyl groups is 1. The van der Waals surface area contributed by atoms with E-state index in [4.69, 9.17) is 14.4 Å². The van der Waals surface area contributed by atoms with Gasteiger partial charge in [-0.2, -0.15) is 5.10 Å². The van der Waals surface area contributed by atoms with Gasteiger partial charge in [-0.15, -0.1) is 0 Å². The van der Waals surface area contributed by atoms with E-state index in [1.807, 2.05) is 0 Å². The molecule has 0 radical (unpaired) electrons. The molecular formula is C18H20FN5O4. The number of nitrogens with one attached hydrogen (secondary N) is 1. The minimum absolute atomic E-state index is 0.0946. The normalized spacial score (nSPS) is 12.0. The summed E-state index contributed by atoms with van der Waals surface area (Å²) in [7, 11) is 1.64. The van der Waals surface area contributed by atoms with E-state index in [1.54, 1.807) is 20.9 Å². The molecule has 0 unspecified atom stereocenters. The van der Waals surface area contributed by atoms with Crippen molar-refractivity contribution in [2.45, 2.75) is 26.5 Å². The third kappa shape index (κ3) is 4.17. The molecule has 3 aromatic rings. The number of carbonyl (C=O) groups excluding carboxylic acids is 1. The number of carbonyl (C=O) groups is 1. The van der Waals surface area contributed by atoms with Gasteiger partial charge in [0.15, 0.2) is 5.69 Å². The van der Waals surface area contributed by atoms with Gasteiger partial charge in [-0.25, -0.2) is 9.07 Å². The molecule has 0 saturated carbocycles. The number of halogens is 1. The van der Waals surface area contributed by atoms with Crippen LogP contribution in [0.1, 0.15) is 28.7 Å². The van der Waals surface area contributed by atoms with Gasteiger partial charge in [-0.05, 0) is 26.0 Å². The molecule has 10 heteroatoms. The molecule has 0 spiro atoms. The van der Waals surface area contributed by atoms with Crippen LogP contribution in [0, 0.1) is 12.7 Å². The van der Waals surface area contributed by atoms with Crippen molar-refractivity contribution in [2.24, 2.45) is 7.05 Å². The van der Waals surface area contributed by atoms with Crippen LogP contribution in [-0.2, 0) is 13.7 Å². The minimum atomic E-state index is -0.446. The molecule has 1 amide bonds. The number of nitrogens with zero attached hydrogens (tertiary/aromatic N) is 4. The van der Waals surface area contributed by atoms with Crippen molar-refractivity contribution >= 4 is 5.91 Å². The zero-order valence-electron chi connectivity index (χ0n) is 15.6. The third-order valence-corrected chi connectivity index (χ3v) is 4.04. The Kier molecular flexibility index (Phi) is 5.69. The number of hydrogen-bond donors (Lipinski definition) is 2. The molecule has 9 nitrogen and oxygen atoms in total. The van der Waals surface area contributed by atoms with Crippen LogP contribution >= 0.6 is 0 Å². The number of amides is 1. The lowest BCUT2D eigenvalue weighted by Crippen LogP contribution is -2.35. The van der Waals surface area contributed by atoms with Gasteiger partial charge in [0.05, 0.1) is 24.1 Å². The fourth-order valence-corrected chi connectivity index (χ4v) is 2.46. The Morgan fingerprint density at radius 3 is 2.93 bits per heavy atom. The SMILES string of the molecule is Cc1onc(-c2ccc(F)cn2)c1COc1cc(C(=O)N[C@@H](C)CO)nn1C. The number of rotatable bonds is 7. The van der Waals surface area contributed by atoms with Gasteiger partial charge >= 0.3 is 0 Å². The molecule has 0 aliphatic carbocycles. The van der Waals surface area contributed by atoms with Crippen LogP contribution in [0.3, 0.4) is 0 Å². The van der Waals surface area contributed by atoms with Crippen LogP contribution in [0.4, 0.5) is 4.39 Å². The number of aromatic nitrogens is 4. The summed E-state index contributed by atoms with van der Waals surface area (Å²) < 4.78 is 25.5. The fourth-order valence-electron chi connectivity index (χ4n) is 2.46. The summed E-state index contributed by atoms with van der Waals surface area (Å²) in [5, 5.41) is 19.7. The largest absolute Gasteiger partial charge is 0.473 e. The van der Waals surface area contributed by atoms with Crippen molar-refractivity contribution in [3.8, 4) is 17.3 Å². The topological polar surface area (TPSA) is 115 Å². The maximum absolute atomic E-state index is 13.1. The summed E-state index contributed by atoms with van der Waals surface area (Å²) >= 11 is 0. The quantitative estimate of drug-likeness (QED) is 0.631. The van der Waals surface area contributed by atoms with Crippen molar-refractivity contribution in [1.82, 2.24) is 25.2 Å². The lowest BCUT2D eigenvalue weighted by Gasteiger charge is -2.08. The summed E-state index contributed by atoms with van der Waals surface area (Å²) in [6, 6.07) is 3.91. The molecule has 3 heterocycles. The molecule has 0 aliphatic rings. The Morgan fingerprint density at radius 1 is 1.46 bits per heavy atom. The van der Waals surface area contributed by atoms with Crippen molar-refractivity contribution < 1.29 is 23.6 Å². The highest BCUT2D eigenvalue weighted by molar-refractivity contribution is 5.92. The molecule has 3 rings (SSSR count). The van der Waals surface area contributed by atoms with Gasteiger partial charge in [0.25, 0.3) is 5.91 Å². The van der Waals surface area contributed by atoms with Crippen LogP contribution in [-0.4, -0.2) is 43.6 Å². The summed E-state index contributed by atoms with van der Waals surface area (Å²) in [6.07, 6.45) is 1.10. The van der Waals surface area contributed by atoms with Crippen molar-refractivity contribution in [2.75, 3.05) is 6.61 Å². The zero-order valence-corrected chi connectivity index (χ0v) is 15.6. The number of aliphatic hydroxyl groups excluding tert-OH is 1. The van der Waals surface area contributed by atoms with Crippen LogP contribution < -0.4 is 10.1 Å². The first kappa shape index (κ1) is 19.5. The molecular weight excluding hydrogens is 369 g/mol. The summed E-state index contributed by atoms with van der Waals surface area (Å²) in [5.41, 5.74) is 1.73. The van der Waals surface area contributed by atoms with Crippen LogP contribution in [0.2, 0.25) is 0 Å². The van der Waals surface area contributed by atoms with Crippen LogP contribution in [0.5, 0.6) is 5.88 Å². The standard InChI is InChI=1S/C18H20FN5O4/c1-10(8-25)21-18(26)15-6-16(24(3)22-15)27-9-13-11(2)28-23-17(13)14-5-4-12(19)7-20-14/h4-7,10,25H,8-9H2,1-3H3,(H,21,26)/t10-/m0/s1. The molecule has 0 aliphatic heterocycles. The first-order chi connectivity index (χ1) is 13.4. The van der Waals surface area contributed by atoms with Gasteiger partial charge in [0.1, 0.15) is 23.9 Å². The van der Waals surface area contributed by atoms with E-state index in [2.05, 4.69) is 20.6 Å². The average molecular weight is 389 g/mol. The highest BCUT2D eigenvalue weighted by Crippen LogP contribution is 2.25. The number of pyridine rings is 1. The van der Waals surface area contributed by atoms with Gasteiger partial charge in [0.2, 0.25) is 5.88 Å². The first-order valence-corrected chi connectivity index (χ1v) is 8.54. The minimum Gasteiger partial charge on any atom is -0.473 e. The third-order valence-electron chi connectivity index (χ3n) is 4.04. The molecule has 0 fully saturated rings. The average Bonchev–Trinajstić information content (AvgIpc) is 3.23.